The molecule has 0 aliphatic heterocycles. The first-order valence-corrected chi connectivity index (χ1v) is 6.80. The second-order valence-electron chi connectivity index (χ2n) is 3.05. The van der Waals surface area contributed by atoms with Crippen molar-refractivity contribution in [1.29, 1.82) is 0 Å². The Morgan fingerprint density at radius 1 is 1.56 bits per heavy atom. The van der Waals surface area contributed by atoms with Gasteiger partial charge < -0.3 is 4.74 Å². The van der Waals surface area contributed by atoms with Crippen LogP contribution < -0.4 is 4.72 Å². The smallest absolute Gasteiger partial charge is 0.260 e. The van der Waals surface area contributed by atoms with Gasteiger partial charge in [0, 0.05) is 27.3 Å². The van der Waals surface area contributed by atoms with Crippen molar-refractivity contribution in [3.8, 4) is 0 Å². The lowest BCUT2D eigenvalue weighted by Crippen LogP contribution is -2.27. The number of methoxy groups -OCH3 is 1. The predicted molar refractivity (Wildman–Crippen MR) is 60.4 cm³/mol. The normalized spacial score (nSPS) is 11.9. The minimum Gasteiger partial charge on any atom is -0.385 e. The highest BCUT2D eigenvalue weighted by molar-refractivity contribution is 9.10. The highest BCUT2D eigenvalue weighted by Gasteiger charge is 2.22. The third kappa shape index (κ3) is 3.24. The number of nitrogens with zero attached hydrogens (tertiary/aromatic N) is 3. The number of halogens is 1. The van der Waals surface area contributed by atoms with E-state index in [2.05, 4.69) is 31.0 Å². The van der Waals surface area contributed by atoms with Crippen LogP contribution in [-0.4, -0.2) is 43.7 Å². The van der Waals surface area contributed by atoms with Crippen LogP contribution in [-0.2, 0) is 21.8 Å². The topological polar surface area (TPSA) is 86.1 Å². The van der Waals surface area contributed by atoms with Crippen LogP contribution in [0.4, 0.5) is 0 Å². The Hall–Kier alpha value is -0.510. The summed E-state index contributed by atoms with van der Waals surface area (Å²) in [7, 11) is -0.492. The van der Waals surface area contributed by atoms with E-state index >= 15 is 0 Å². The third-order valence-electron chi connectivity index (χ3n) is 1.81. The zero-order valence-corrected chi connectivity index (χ0v) is 11.4. The monoisotopic (exact) mass is 312 g/mol. The number of aromatic nitrogens is 3. The first kappa shape index (κ1) is 13.6. The van der Waals surface area contributed by atoms with Gasteiger partial charge in [-0.25, -0.2) is 17.8 Å². The Morgan fingerprint density at radius 3 is 2.75 bits per heavy atom. The lowest BCUT2D eigenvalue weighted by Gasteiger charge is -2.06. The van der Waals surface area contributed by atoms with E-state index < -0.39 is 10.0 Å². The largest absolute Gasteiger partial charge is 0.385 e. The maximum absolute atomic E-state index is 11.8. The van der Waals surface area contributed by atoms with E-state index in [9.17, 15) is 8.42 Å². The van der Waals surface area contributed by atoms with E-state index in [1.165, 1.54) is 11.7 Å². The molecule has 1 rings (SSSR count). The summed E-state index contributed by atoms with van der Waals surface area (Å²) >= 11 is 3.04. The number of ether oxygens (including phenoxy) is 1. The Bertz CT molecular complexity index is 425. The number of aryl methyl sites for hydroxylation is 1. The quantitative estimate of drug-likeness (QED) is 0.741. The molecule has 7 nitrogen and oxygen atoms in total. The third-order valence-corrected chi connectivity index (χ3v) is 4.16. The van der Waals surface area contributed by atoms with E-state index in [0.717, 1.165) is 0 Å². The zero-order valence-electron chi connectivity index (χ0n) is 8.97. The van der Waals surface area contributed by atoms with Gasteiger partial charge in [-0.1, -0.05) is 5.21 Å². The van der Waals surface area contributed by atoms with Gasteiger partial charge in [-0.3, -0.25) is 0 Å². The molecule has 1 heterocycles. The van der Waals surface area contributed by atoms with Crippen LogP contribution in [0.5, 0.6) is 0 Å². The molecule has 9 heteroatoms. The lowest BCUT2D eigenvalue weighted by molar-refractivity contribution is 0.196. The Balaban J connectivity index is 2.71. The molecule has 0 amide bonds. The maximum atomic E-state index is 11.8. The molecule has 0 radical (unpaired) electrons. The Kier molecular flexibility index (Phi) is 4.84. The van der Waals surface area contributed by atoms with E-state index in [-0.39, 0.29) is 9.63 Å². The predicted octanol–water partition coefficient (Wildman–Crippen LogP) is -0.108. The Labute approximate surface area is 102 Å². The molecule has 0 aromatic carbocycles. The summed E-state index contributed by atoms with van der Waals surface area (Å²) in [5.41, 5.74) is 0. The first-order chi connectivity index (χ1) is 7.49. The summed E-state index contributed by atoms with van der Waals surface area (Å²) in [6, 6.07) is 0. The molecule has 0 unspecified atom stereocenters. The van der Waals surface area contributed by atoms with Crippen LogP contribution in [0.1, 0.15) is 6.42 Å². The fourth-order valence-corrected chi connectivity index (χ4v) is 3.26. The number of hydrogen-bond acceptors (Lipinski definition) is 5. The number of rotatable bonds is 6. The van der Waals surface area contributed by atoms with Crippen molar-refractivity contribution in [2.45, 2.75) is 11.4 Å². The van der Waals surface area contributed by atoms with Gasteiger partial charge in [-0.2, -0.15) is 0 Å². The average molecular weight is 313 g/mol. The van der Waals surface area contributed by atoms with Crippen LogP contribution in [0.2, 0.25) is 0 Å². The number of sulfonamides is 1. The molecule has 1 aromatic rings. The number of hydrogen-bond donors (Lipinski definition) is 1. The summed E-state index contributed by atoms with van der Waals surface area (Å²) in [4.78, 5) is 0. The zero-order chi connectivity index (χ0) is 12.2. The van der Waals surface area contributed by atoms with Gasteiger partial charge in [0.05, 0.1) is 0 Å². The lowest BCUT2D eigenvalue weighted by atomic mass is 10.5. The summed E-state index contributed by atoms with van der Waals surface area (Å²) in [6.07, 6.45) is 0.610. The molecule has 0 bridgehead atoms. The fraction of sp³-hybridized carbons (Fsp3) is 0.714. The van der Waals surface area contributed by atoms with Crippen molar-refractivity contribution in [2.75, 3.05) is 20.3 Å². The molecule has 92 valence electrons. The molecule has 1 aromatic heterocycles. The van der Waals surface area contributed by atoms with E-state index in [4.69, 9.17) is 4.74 Å². The molecule has 0 atom stereocenters. The first-order valence-electron chi connectivity index (χ1n) is 4.53. The second kappa shape index (κ2) is 5.71. The van der Waals surface area contributed by atoms with Gasteiger partial charge in [0.2, 0.25) is 5.03 Å². The van der Waals surface area contributed by atoms with E-state index in [1.54, 1.807) is 7.11 Å². The van der Waals surface area contributed by atoms with E-state index in [0.29, 0.717) is 19.6 Å². The van der Waals surface area contributed by atoms with Crippen molar-refractivity contribution in [2.24, 2.45) is 7.05 Å². The molecule has 16 heavy (non-hydrogen) atoms. The highest BCUT2D eigenvalue weighted by Crippen LogP contribution is 2.17. The highest BCUT2D eigenvalue weighted by atomic mass is 79.9. The second-order valence-corrected chi connectivity index (χ2v) is 5.49. The molecular formula is C7H13BrN4O3S. The summed E-state index contributed by atoms with van der Waals surface area (Å²) in [6.45, 7) is 0.821. The molecular weight excluding hydrogens is 300 g/mol. The Morgan fingerprint density at radius 2 is 2.25 bits per heavy atom. The molecule has 0 aliphatic carbocycles. The van der Waals surface area contributed by atoms with Gasteiger partial charge >= 0.3 is 0 Å². The van der Waals surface area contributed by atoms with Crippen molar-refractivity contribution >= 4 is 26.0 Å². The standard InChI is InChI=1S/C7H13BrN4O3S/c1-12-7(6(8)10-11-12)16(13,14)9-4-3-5-15-2/h9H,3-5H2,1-2H3. The molecule has 0 saturated carbocycles. The molecule has 0 aliphatic rings. The van der Waals surface area contributed by atoms with Gasteiger partial charge in [0.25, 0.3) is 10.0 Å². The minimum absolute atomic E-state index is 0.0184. The molecule has 0 spiro atoms. The van der Waals surface area contributed by atoms with E-state index in [1.807, 2.05) is 0 Å². The SMILES string of the molecule is COCCCNS(=O)(=O)c1c(Br)nnn1C. The molecule has 1 N–H and O–H groups in total. The van der Waals surface area contributed by atoms with Crippen LogP contribution in [0.3, 0.4) is 0 Å². The van der Waals surface area contributed by atoms with Gasteiger partial charge in [0.1, 0.15) is 0 Å². The van der Waals surface area contributed by atoms with Crippen molar-refractivity contribution in [1.82, 2.24) is 19.7 Å². The number of nitrogens with one attached hydrogen (secondary N) is 1. The van der Waals surface area contributed by atoms with Crippen molar-refractivity contribution < 1.29 is 13.2 Å². The summed E-state index contributed by atoms with van der Waals surface area (Å²) in [5, 5.41) is 7.23. The van der Waals surface area contributed by atoms with Crippen LogP contribution >= 0.6 is 15.9 Å². The van der Waals surface area contributed by atoms with Crippen LogP contribution in [0, 0.1) is 0 Å². The van der Waals surface area contributed by atoms with Crippen LogP contribution in [0.15, 0.2) is 9.63 Å². The van der Waals surface area contributed by atoms with Crippen LogP contribution in [0.25, 0.3) is 0 Å². The summed E-state index contributed by atoms with van der Waals surface area (Å²) < 4.78 is 32.3. The minimum atomic E-state index is -3.57. The van der Waals surface area contributed by atoms with Crippen molar-refractivity contribution in [3.63, 3.8) is 0 Å². The molecule has 0 saturated heterocycles. The van der Waals surface area contributed by atoms with Crippen molar-refractivity contribution in [3.05, 3.63) is 4.60 Å². The van der Waals surface area contributed by atoms with Gasteiger partial charge in [-0.15, -0.1) is 5.10 Å². The van der Waals surface area contributed by atoms with Gasteiger partial charge in [-0.05, 0) is 22.4 Å². The fourth-order valence-electron chi connectivity index (χ4n) is 1.10. The average Bonchev–Trinajstić information content (AvgIpc) is 2.54. The maximum Gasteiger partial charge on any atom is 0.260 e. The van der Waals surface area contributed by atoms with Gasteiger partial charge in [0.15, 0.2) is 4.60 Å². The summed E-state index contributed by atoms with van der Waals surface area (Å²) in [5.74, 6) is 0. The molecule has 0 fully saturated rings.